The molecule has 0 aromatic heterocycles. The molecule has 2 N–H and O–H groups in total. The highest BCUT2D eigenvalue weighted by atomic mass is 35.5. The van der Waals surface area contributed by atoms with Crippen molar-refractivity contribution < 1.29 is 4.79 Å². The first kappa shape index (κ1) is 15.5. The minimum atomic E-state index is -0.356. The second-order valence-corrected chi connectivity index (χ2v) is 5.81. The van der Waals surface area contributed by atoms with Crippen LogP contribution in [0.4, 0.5) is 5.69 Å². The van der Waals surface area contributed by atoms with Gasteiger partial charge >= 0.3 is 0 Å². The van der Waals surface area contributed by atoms with Crippen molar-refractivity contribution in [2.24, 2.45) is 0 Å². The van der Waals surface area contributed by atoms with E-state index in [1.165, 1.54) is 6.07 Å². The number of rotatable bonds is 2. The molecule has 0 atom stereocenters. The summed E-state index contributed by atoms with van der Waals surface area (Å²) in [5, 5.41) is 0.477. The van der Waals surface area contributed by atoms with Crippen molar-refractivity contribution in [1.82, 2.24) is 0 Å². The average Bonchev–Trinajstić information content (AvgIpc) is 2.39. The lowest BCUT2D eigenvalue weighted by atomic mass is 10.0. The largest absolute Gasteiger partial charge is 0.398 e. The van der Waals surface area contributed by atoms with Crippen LogP contribution in [-0.2, 0) is 0 Å². The molecule has 0 bridgehead atoms. The Morgan fingerprint density at radius 3 is 2.25 bits per heavy atom. The van der Waals surface area contributed by atoms with E-state index in [0.29, 0.717) is 11.3 Å². The van der Waals surface area contributed by atoms with Crippen LogP contribution in [0.25, 0.3) is 0 Å². The fourth-order valence-electron chi connectivity index (χ4n) is 1.70. The van der Waals surface area contributed by atoms with Crippen molar-refractivity contribution in [2.75, 3.05) is 5.73 Å². The summed E-state index contributed by atoms with van der Waals surface area (Å²) in [6.07, 6.45) is 0. The summed E-state index contributed by atoms with van der Waals surface area (Å²) in [5.74, 6) is -0.356. The number of anilines is 1. The first-order valence-corrected chi connectivity index (χ1v) is 7.08. The fourth-order valence-corrected chi connectivity index (χ4v) is 2.78. The van der Waals surface area contributed by atoms with Gasteiger partial charge in [-0.15, -0.1) is 0 Å². The van der Waals surface area contributed by atoms with Gasteiger partial charge in [-0.1, -0.05) is 58.5 Å². The molecule has 2 aromatic rings. The van der Waals surface area contributed by atoms with E-state index in [9.17, 15) is 4.79 Å². The fraction of sp³-hybridized carbons (Fsp3) is 0.0714. The molecule has 2 aromatic carbocycles. The molecule has 2 nitrogen and oxygen atoms in total. The Kier molecular flexibility index (Phi) is 4.50. The number of nitrogen functional groups attached to an aromatic ring is 1. The van der Waals surface area contributed by atoms with Crippen LogP contribution in [0.2, 0.25) is 20.1 Å². The lowest BCUT2D eigenvalue weighted by Crippen LogP contribution is -2.05. The summed E-state index contributed by atoms with van der Waals surface area (Å²) >= 11 is 23.9. The van der Waals surface area contributed by atoms with E-state index in [0.717, 1.165) is 5.56 Å². The molecule has 6 heteroatoms. The van der Waals surface area contributed by atoms with Gasteiger partial charge in [0.15, 0.2) is 5.78 Å². The van der Waals surface area contributed by atoms with Gasteiger partial charge in [-0.05, 0) is 24.6 Å². The maximum Gasteiger partial charge on any atom is 0.196 e. The molecule has 0 heterocycles. The zero-order valence-corrected chi connectivity index (χ0v) is 13.3. The molecule has 0 radical (unpaired) electrons. The number of hydrogen-bond donors (Lipinski definition) is 1. The van der Waals surface area contributed by atoms with Gasteiger partial charge < -0.3 is 5.73 Å². The first-order valence-electron chi connectivity index (χ1n) is 5.56. The second-order valence-electron chi connectivity index (χ2n) is 4.24. The number of carbonyl (C=O) groups excluding carboxylic acids is 1. The molecule has 0 amide bonds. The van der Waals surface area contributed by atoms with Crippen LogP contribution in [0.5, 0.6) is 0 Å². The predicted molar refractivity (Wildman–Crippen MR) is 85.5 cm³/mol. The normalized spacial score (nSPS) is 10.7. The Morgan fingerprint density at radius 1 is 1.00 bits per heavy atom. The van der Waals surface area contributed by atoms with Gasteiger partial charge in [0.2, 0.25) is 0 Å². The van der Waals surface area contributed by atoms with Crippen molar-refractivity contribution in [3.8, 4) is 0 Å². The monoisotopic (exact) mass is 347 g/mol. The molecule has 0 saturated carbocycles. The van der Waals surface area contributed by atoms with Crippen molar-refractivity contribution in [1.29, 1.82) is 0 Å². The van der Waals surface area contributed by atoms with Crippen molar-refractivity contribution in [3.63, 3.8) is 0 Å². The topological polar surface area (TPSA) is 43.1 Å². The number of benzene rings is 2. The number of carbonyl (C=O) groups is 1. The van der Waals surface area contributed by atoms with Gasteiger partial charge in [-0.3, -0.25) is 4.79 Å². The Morgan fingerprint density at radius 2 is 1.65 bits per heavy atom. The molecule has 0 aliphatic carbocycles. The van der Waals surface area contributed by atoms with Crippen LogP contribution in [-0.4, -0.2) is 5.78 Å². The molecule has 0 spiro atoms. The highest BCUT2D eigenvalue weighted by Gasteiger charge is 2.21. The van der Waals surface area contributed by atoms with Crippen LogP contribution < -0.4 is 5.73 Å². The van der Waals surface area contributed by atoms with E-state index in [1.807, 2.05) is 6.92 Å². The SMILES string of the molecule is Cc1ccc(C(=O)c2c(Cl)cc(Cl)c(Cl)c2Cl)cc1N. The van der Waals surface area contributed by atoms with Gasteiger partial charge in [-0.25, -0.2) is 0 Å². The second kappa shape index (κ2) is 5.82. The average molecular weight is 349 g/mol. The van der Waals surface area contributed by atoms with Crippen LogP contribution in [0.15, 0.2) is 24.3 Å². The Hall–Kier alpha value is -0.930. The number of ketones is 1. The standard InChI is InChI=1S/C14H9Cl4NO/c1-6-2-3-7(4-10(6)19)14(20)11-8(15)5-9(16)12(17)13(11)18/h2-5H,19H2,1H3. The minimum absolute atomic E-state index is 0.0355. The number of hydrogen-bond acceptors (Lipinski definition) is 2. The van der Waals surface area contributed by atoms with E-state index in [-0.39, 0.29) is 31.4 Å². The molecule has 20 heavy (non-hydrogen) atoms. The zero-order valence-electron chi connectivity index (χ0n) is 10.3. The summed E-state index contributed by atoms with van der Waals surface area (Å²) in [4.78, 5) is 12.5. The van der Waals surface area contributed by atoms with Gasteiger partial charge in [0.05, 0.1) is 25.7 Å². The zero-order chi connectivity index (χ0) is 15.0. The van der Waals surface area contributed by atoms with E-state index in [1.54, 1.807) is 18.2 Å². The highest BCUT2D eigenvalue weighted by Crippen LogP contribution is 2.38. The molecular formula is C14H9Cl4NO. The predicted octanol–water partition coefficient (Wildman–Crippen LogP) is 5.42. The summed E-state index contributed by atoms with van der Waals surface area (Å²) in [6, 6.07) is 6.38. The smallest absolute Gasteiger partial charge is 0.196 e. The Labute approximate surface area is 136 Å². The number of halogens is 4. The van der Waals surface area contributed by atoms with Crippen LogP contribution in [0, 0.1) is 6.92 Å². The van der Waals surface area contributed by atoms with Crippen LogP contribution >= 0.6 is 46.4 Å². The Bertz CT molecular complexity index is 713. The molecule has 0 aliphatic heterocycles. The third kappa shape index (κ3) is 2.75. The third-order valence-electron chi connectivity index (χ3n) is 2.88. The molecular weight excluding hydrogens is 340 g/mol. The van der Waals surface area contributed by atoms with Crippen molar-refractivity contribution in [2.45, 2.75) is 6.92 Å². The van der Waals surface area contributed by atoms with Gasteiger partial charge in [0, 0.05) is 11.3 Å². The van der Waals surface area contributed by atoms with Crippen LogP contribution in [0.1, 0.15) is 21.5 Å². The van der Waals surface area contributed by atoms with Gasteiger partial charge in [0.25, 0.3) is 0 Å². The molecule has 0 saturated heterocycles. The summed E-state index contributed by atoms with van der Waals surface area (Å²) in [6.45, 7) is 1.85. The molecule has 0 aliphatic rings. The van der Waals surface area contributed by atoms with E-state index < -0.39 is 0 Å². The molecule has 0 unspecified atom stereocenters. The van der Waals surface area contributed by atoms with Gasteiger partial charge in [0.1, 0.15) is 0 Å². The minimum Gasteiger partial charge on any atom is -0.398 e. The number of nitrogens with two attached hydrogens (primary N) is 1. The lowest BCUT2D eigenvalue weighted by Gasteiger charge is -2.10. The van der Waals surface area contributed by atoms with E-state index >= 15 is 0 Å². The molecule has 0 fully saturated rings. The quantitative estimate of drug-likeness (QED) is 0.340. The summed E-state index contributed by atoms with van der Waals surface area (Å²) < 4.78 is 0. The highest BCUT2D eigenvalue weighted by molar-refractivity contribution is 6.51. The van der Waals surface area contributed by atoms with Crippen molar-refractivity contribution in [3.05, 3.63) is 61.0 Å². The summed E-state index contributed by atoms with van der Waals surface area (Å²) in [7, 11) is 0. The third-order valence-corrected chi connectivity index (χ3v) is 4.44. The molecule has 2 rings (SSSR count). The molecule has 104 valence electrons. The number of aryl methyl sites for hydroxylation is 1. The Balaban J connectivity index is 2.59. The van der Waals surface area contributed by atoms with Crippen LogP contribution in [0.3, 0.4) is 0 Å². The van der Waals surface area contributed by atoms with E-state index in [4.69, 9.17) is 52.1 Å². The maximum absolute atomic E-state index is 12.5. The summed E-state index contributed by atoms with van der Waals surface area (Å²) in [5.41, 5.74) is 7.70. The lowest BCUT2D eigenvalue weighted by molar-refractivity contribution is 0.103. The van der Waals surface area contributed by atoms with Gasteiger partial charge in [-0.2, -0.15) is 0 Å². The van der Waals surface area contributed by atoms with Crippen molar-refractivity contribution >= 4 is 57.9 Å². The maximum atomic E-state index is 12.5. The first-order chi connectivity index (χ1) is 9.32. The van der Waals surface area contributed by atoms with E-state index in [2.05, 4.69) is 0 Å².